The first-order valence-corrected chi connectivity index (χ1v) is 8.51. The molecule has 0 amide bonds. The van der Waals surface area contributed by atoms with Crippen LogP contribution in [0.3, 0.4) is 0 Å². The molecule has 2 aromatic rings. The van der Waals surface area contributed by atoms with E-state index in [2.05, 4.69) is 46.0 Å². The Kier molecular flexibility index (Phi) is 5.20. The van der Waals surface area contributed by atoms with Crippen molar-refractivity contribution < 1.29 is 4.74 Å². The molecule has 1 aliphatic rings. The Morgan fingerprint density at radius 2 is 1.96 bits per heavy atom. The van der Waals surface area contributed by atoms with E-state index in [0.29, 0.717) is 5.75 Å². The van der Waals surface area contributed by atoms with Crippen LogP contribution in [0.4, 0.5) is 5.69 Å². The van der Waals surface area contributed by atoms with Crippen LogP contribution in [0.1, 0.15) is 18.2 Å². The number of ether oxygens (including phenoxy) is 1. The van der Waals surface area contributed by atoms with Crippen LogP contribution >= 0.6 is 0 Å². The maximum atomic E-state index is 11.8. The van der Waals surface area contributed by atoms with E-state index in [1.165, 1.54) is 18.4 Å². The normalized spacial score (nSPS) is 15.5. The first-order chi connectivity index (χ1) is 11.7. The first-order valence-electron chi connectivity index (χ1n) is 8.51. The van der Waals surface area contributed by atoms with Crippen molar-refractivity contribution in [1.29, 1.82) is 0 Å². The van der Waals surface area contributed by atoms with E-state index in [4.69, 9.17) is 4.74 Å². The lowest BCUT2D eigenvalue weighted by Crippen LogP contribution is -2.46. The van der Waals surface area contributed by atoms with E-state index >= 15 is 0 Å². The van der Waals surface area contributed by atoms with Crippen molar-refractivity contribution in [2.75, 3.05) is 38.2 Å². The number of aromatic nitrogens is 1. The molecule has 0 spiro atoms. The number of hydrogen-bond acceptors (Lipinski definition) is 4. The smallest absolute Gasteiger partial charge is 0.223 e. The predicted octanol–water partition coefficient (Wildman–Crippen LogP) is 2.27. The SMILES string of the molecule is CCc1cccc(N2CCN(Cc3cc(=O)c(OC)c[nH]3)CC2)c1. The number of benzene rings is 1. The Morgan fingerprint density at radius 1 is 1.17 bits per heavy atom. The minimum absolute atomic E-state index is 0.0683. The third-order valence-corrected chi connectivity index (χ3v) is 4.61. The maximum Gasteiger partial charge on any atom is 0.223 e. The minimum atomic E-state index is -0.0683. The molecule has 0 saturated carbocycles. The highest BCUT2D eigenvalue weighted by molar-refractivity contribution is 5.49. The van der Waals surface area contributed by atoms with Gasteiger partial charge in [-0.1, -0.05) is 19.1 Å². The molecule has 1 aromatic carbocycles. The lowest BCUT2D eigenvalue weighted by atomic mass is 10.1. The summed E-state index contributed by atoms with van der Waals surface area (Å²) in [5.74, 6) is 0.361. The van der Waals surface area contributed by atoms with Crippen LogP contribution in [-0.4, -0.2) is 43.2 Å². The molecule has 0 bridgehead atoms. The molecule has 0 unspecified atom stereocenters. The fourth-order valence-corrected chi connectivity index (χ4v) is 3.13. The zero-order valence-electron chi connectivity index (χ0n) is 14.4. The van der Waals surface area contributed by atoms with Gasteiger partial charge in [0.1, 0.15) is 0 Å². The molecule has 1 saturated heterocycles. The van der Waals surface area contributed by atoms with Crippen LogP contribution in [0.25, 0.3) is 0 Å². The Labute approximate surface area is 142 Å². The molecule has 1 aliphatic heterocycles. The van der Waals surface area contributed by atoms with Gasteiger partial charge >= 0.3 is 0 Å². The number of nitrogens with one attached hydrogen (secondary N) is 1. The maximum absolute atomic E-state index is 11.8. The summed E-state index contributed by atoms with van der Waals surface area (Å²) in [7, 11) is 1.51. The number of aromatic amines is 1. The number of H-pyrrole nitrogens is 1. The lowest BCUT2D eigenvalue weighted by molar-refractivity contribution is 0.247. The monoisotopic (exact) mass is 327 g/mol. The Morgan fingerprint density at radius 3 is 2.62 bits per heavy atom. The summed E-state index contributed by atoms with van der Waals surface area (Å²) >= 11 is 0. The van der Waals surface area contributed by atoms with Crippen LogP contribution in [0.2, 0.25) is 0 Å². The Hall–Kier alpha value is -2.27. The molecule has 5 heteroatoms. The van der Waals surface area contributed by atoms with Gasteiger partial charge in [0.05, 0.1) is 7.11 Å². The second kappa shape index (κ2) is 7.53. The Balaban J connectivity index is 1.59. The number of methoxy groups -OCH3 is 1. The average Bonchev–Trinajstić information content (AvgIpc) is 2.62. The van der Waals surface area contributed by atoms with E-state index in [1.807, 2.05) is 0 Å². The second-order valence-electron chi connectivity index (χ2n) is 6.18. The quantitative estimate of drug-likeness (QED) is 0.915. The van der Waals surface area contributed by atoms with Crippen molar-refractivity contribution in [3.05, 3.63) is 58.0 Å². The van der Waals surface area contributed by atoms with E-state index in [-0.39, 0.29) is 5.43 Å². The summed E-state index contributed by atoms with van der Waals surface area (Å²) in [6, 6.07) is 10.4. The van der Waals surface area contributed by atoms with Crippen LogP contribution in [0, 0.1) is 0 Å². The van der Waals surface area contributed by atoms with Crippen molar-refractivity contribution in [2.45, 2.75) is 19.9 Å². The highest BCUT2D eigenvalue weighted by Gasteiger charge is 2.18. The standard InChI is InChI=1S/C19H25N3O2/c1-3-15-5-4-6-17(11-15)22-9-7-21(8-10-22)14-16-12-18(23)19(24-2)13-20-16/h4-6,11-13H,3,7-10,14H2,1-2H3,(H,20,23). The van der Waals surface area contributed by atoms with Gasteiger partial charge in [0.2, 0.25) is 5.43 Å². The average molecular weight is 327 g/mol. The van der Waals surface area contributed by atoms with Gasteiger partial charge < -0.3 is 14.6 Å². The van der Waals surface area contributed by atoms with Crippen LogP contribution < -0.4 is 15.1 Å². The Bertz CT molecular complexity index is 733. The third kappa shape index (κ3) is 3.79. The molecule has 0 radical (unpaired) electrons. The molecule has 0 atom stereocenters. The van der Waals surface area contributed by atoms with Crippen LogP contribution in [0.5, 0.6) is 5.75 Å². The molecule has 5 nitrogen and oxygen atoms in total. The van der Waals surface area contributed by atoms with Gasteiger partial charge in [-0.2, -0.15) is 0 Å². The summed E-state index contributed by atoms with van der Waals surface area (Å²) in [5.41, 5.74) is 3.56. The zero-order valence-corrected chi connectivity index (χ0v) is 14.4. The summed E-state index contributed by atoms with van der Waals surface area (Å²) in [4.78, 5) is 19.8. The van der Waals surface area contributed by atoms with Crippen molar-refractivity contribution >= 4 is 5.69 Å². The minimum Gasteiger partial charge on any atom is -0.491 e. The molecule has 3 rings (SSSR count). The molecule has 1 fully saturated rings. The third-order valence-electron chi connectivity index (χ3n) is 4.61. The van der Waals surface area contributed by atoms with Gasteiger partial charge in [0.25, 0.3) is 0 Å². The molecule has 0 aliphatic carbocycles. The number of pyridine rings is 1. The fourth-order valence-electron chi connectivity index (χ4n) is 3.13. The van der Waals surface area contributed by atoms with Gasteiger partial charge in [0.15, 0.2) is 5.75 Å². The first kappa shape index (κ1) is 16.6. The highest BCUT2D eigenvalue weighted by atomic mass is 16.5. The molecule has 24 heavy (non-hydrogen) atoms. The second-order valence-corrected chi connectivity index (χ2v) is 6.18. The lowest BCUT2D eigenvalue weighted by Gasteiger charge is -2.36. The number of aryl methyl sites for hydroxylation is 1. The van der Waals surface area contributed by atoms with Gasteiger partial charge in [-0.3, -0.25) is 9.69 Å². The molecular weight excluding hydrogens is 302 g/mol. The van der Waals surface area contributed by atoms with Gasteiger partial charge in [-0.15, -0.1) is 0 Å². The predicted molar refractivity (Wildman–Crippen MR) is 96.9 cm³/mol. The molecule has 1 aromatic heterocycles. The van der Waals surface area contributed by atoms with Gasteiger partial charge in [-0.05, 0) is 24.1 Å². The largest absolute Gasteiger partial charge is 0.491 e. The van der Waals surface area contributed by atoms with E-state index in [1.54, 1.807) is 12.3 Å². The fraction of sp³-hybridized carbons (Fsp3) is 0.421. The number of hydrogen-bond donors (Lipinski definition) is 1. The molecule has 1 N–H and O–H groups in total. The number of nitrogens with zero attached hydrogens (tertiary/aromatic N) is 2. The number of rotatable bonds is 5. The summed E-state index contributed by atoms with van der Waals surface area (Å²) in [6.45, 7) is 6.95. The van der Waals surface area contributed by atoms with E-state index < -0.39 is 0 Å². The van der Waals surface area contributed by atoms with Crippen LogP contribution in [0.15, 0.2) is 41.3 Å². The van der Waals surface area contributed by atoms with Gasteiger partial charge in [-0.25, -0.2) is 0 Å². The summed E-state index contributed by atoms with van der Waals surface area (Å²) in [5, 5.41) is 0. The van der Waals surface area contributed by atoms with E-state index in [9.17, 15) is 4.79 Å². The topological polar surface area (TPSA) is 48.6 Å². The number of piperazine rings is 1. The van der Waals surface area contributed by atoms with Crippen molar-refractivity contribution in [1.82, 2.24) is 9.88 Å². The number of anilines is 1. The van der Waals surface area contributed by atoms with Crippen molar-refractivity contribution in [2.24, 2.45) is 0 Å². The molecule has 2 heterocycles. The van der Waals surface area contributed by atoms with Gasteiger partial charge in [0, 0.05) is 56.4 Å². The highest BCUT2D eigenvalue weighted by Crippen LogP contribution is 2.19. The van der Waals surface area contributed by atoms with Crippen LogP contribution in [-0.2, 0) is 13.0 Å². The molecule has 128 valence electrons. The van der Waals surface area contributed by atoms with Crippen molar-refractivity contribution in [3.63, 3.8) is 0 Å². The van der Waals surface area contributed by atoms with E-state index in [0.717, 1.165) is 44.8 Å². The summed E-state index contributed by atoms with van der Waals surface area (Å²) < 4.78 is 5.01. The summed E-state index contributed by atoms with van der Waals surface area (Å²) in [6.07, 6.45) is 2.71. The molecular formula is C19H25N3O2. The zero-order chi connectivity index (χ0) is 16.9. The van der Waals surface area contributed by atoms with Crippen molar-refractivity contribution in [3.8, 4) is 5.75 Å².